The quantitative estimate of drug-likeness (QED) is 0.446. The molecule has 3 aromatic rings. The molecule has 4 rings (SSSR count). The molecule has 32 heavy (non-hydrogen) atoms. The van der Waals surface area contributed by atoms with Crippen LogP contribution in [0.4, 0.5) is 11.4 Å². The number of halogens is 2. The van der Waals surface area contributed by atoms with Gasteiger partial charge in [0.2, 0.25) is 5.52 Å². The Morgan fingerprint density at radius 3 is 2.47 bits per heavy atom. The Bertz CT molecular complexity index is 1240. The molecule has 0 amide bonds. The van der Waals surface area contributed by atoms with Crippen molar-refractivity contribution in [1.82, 2.24) is 0 Å². The van der Waals surface area contributed by atoms with Crippen LogP contribution < -0.4 is 19.5 Å². The molecular formula is C24H23Cl2N3O2S. The number of aryl methyl sites for hydroxylation is 1. The van der Waals surface area contributed by atoms with Crippen LogP contribution in [0.5, 0.6) is 0 Å². The van der Waals surface area contributed by atoms with Gasteiger partial charge >= 0.3 is 0 Å². The molecule has 0 radical (unpaired) electrons. The average molecular weight is 488 g/mol. The van der Waals surface area contributed by atoms with Crippen LogP contribution in [0.25, 0.3) is 16.3 Å². The van der Waals surface area contributed by atoms with Gasteiger partial charge in [0.05, 0.1) is 21.4 Å². The highest BCUT2D eigenvalue weighted by atomic mass is 35.5. The summed E-state index contributed by atoms with van der Waals surface area (Å²) in [7, 11) is 0. The number of benzene rings is 2. The molecular weight excluding hydrogens is 465 g/mol. The zero-order chi connectivity index (χ0) is 22.8. The molecule has 5 nitrogen and oxygen atoms in total. The van der Waals surface area contributed by atoms with Gasteiger partial charge in [-0.1, -0.05) is 52.7 Å². The van der Waals surface area contributed by atoms with Gasteiger partial charge in [0.15, 0.2) is 0 Å². The lowest BCUT2D eigenvalue weighted by Gasteiger charge is -2.24. The summed E-state index contributed by atoms with van der Waals surface area (Å²) in [5.41, 5.74) is 2.97. The molecule has 8 heteroatoms. The maximum Gasteiger partial charge on any atom is 0.262 e. The van der Waals surface area contributed by atoms with Gasteiger partial charge in [-0.05, 0) is 38.1 Å². The topological polar surface area (TPSA) is 50.5 Å². The highest BCUT2D eigenvalue weighted by Crippen LogP contribution is 2.45. The highest BCUT2D eigenvalue weighted by Gasteiger charge is 2.31. The largest absolute Gasteiger partial charge is 0.550 e. The van der Waals surface area contributed by atoms with E-state index in [-0.39, 0.29) is 13.0 Å². The van der Waals surface area contributed by atoms with Crippen LogP contribution in [0.3, 0.4) is 0 Å². The number of nitrogens with zero attached hydrogens (tertiary/aromatic N) is 3. The molecule has 0 spiro atoms. The van der Waals surface area contributed by atoms with Gasteiger partial charge in [-0.3, -0.25) is 0 Å². The minimum Gasteiger partial charge on any atom is -0.550 e. The molecule has 166 valence electrons. The maximum atomic E-state index is 11.2. The summed E-state index contributed by atoms with van der Waals surface area (Å²) in [5.74, 6) is -0.215. The van der Waals surface area contributed by atoms with Gasteiger partial charge in [-0.25, -0.2) is 0 Å². The van der Waals surface area contributed by atoms with Gasteiger partial charge < -0.3 is 19.7 Å². The van der Waals surface area contributed by atoms with Crippen LogP contribution in [-0.2, 0) is 11.3 Å². The minimum atomic E-state index is -1.09. The number of carbonyl (C=O) groups excluding carboxylic acids is 1. The predicted molar refractivity (Wildman–Crippen MR) is 131 cm³/mol. The van der Waals surface area contributed by atoms with Crippen molar-refractivity contribution < 1.29 is 14.5 Å². The number of aliphatic carboxylic acids is 1. The van der Waals surface area contributed by atoms with Crippen molar-refractivity contribution in [3.05, 3.63) is 69.4 Å². The zero-order valence-electron chi connectivity index (χ0n) is 17.8. The van der Waals surface area contributed by atoms with Gasteiger partial charge in [0.25, 0.3) is 5.01 Å². The van der Waals surface area contributed by atoms with E-state index in [1.807, 2.05) is 30.0 Å². The number of aromatic nitrogens is 1. The number of hydrogen-bond donors (Lipinski definition) is 0. The van der Waals surface area contributed by atoms with Crippen molar-refractivity contribution in [2.45, 2.75) is 26.8 Å². The summed E-state index contributed by atoms with van der Waals surface area (Å²) < 4.78 is 3.52. The Morgan fingerprint density at radius 2 is 1.81 bits per heavy atom. The summed E-state index contributed by atoms with van der Waals surface area (Å²) >= 11 is 14.3. The van der Waals surface area contributed by atoms with Gasteiger partial charge in [0.1, 0.15) is 17.1 Å². The van der Waals surface area contributed by atoms with E-state index in [1.165, 1.54) is 10.2 Å². The number of anilines is 2. The first kappa shape index (κ1) is 22.6. The molecule has 0 saturated carbocycles. The van der Waals surface area contributed by atoms with Gasteiger partial charge in [-0.2, -0.15) is 4.57 Å². The Balaban J connectivity index is 1.73. The standard InChI is InChI=1S/C24H23Cl2N3O2S/c1-3-27-19-14-16(25)17(26)15-20(19)29(13-12-24(30)31)22(27)10-7-11-23-28(4-2)18-8-5-6-9-21(18)32-23/h5-11,14-15H,3-4,12-13H2,1-2H3. The number of allylic oxidation sites excluding steroid dienone is 2. The van der Waals surface area contributed by atoms with Gasteiger partial charge in [0, 0.05) is 37.6 Å². The SMILES string of the molecule is CCN1/C(=C\C=C\c2sc3ccccc3[n+]2CC)N(CCC(=O)[O-])c2cc(Cl)c(Cl)cc21. The van der Waals surface area contributed by atoms with Crippen molar-refractivity contribution in [2.75, 3.05) is 22.9 Å². The smallest absolute Gasteiger partial charge is 0.262 e. The molecule has 2 aromatic carbocycles. The van der Waals surface area contributed by atoms with E-state index in [0.717, 1.165) is 28.7 Å². The monoisotopic (exact) mass is 487 g/mol. The lowest BCUT2D eigenvalue weighted by atomic mass is 10.2. The average Bonchev–Trinajstić information content (AvgIpc) is 3.26. The lowest BCUT2D eigenvalue weighted by Crippen LogP contribution is -2.33. The van der Waals surface area contributed by atoms with E-state index in [2.05, 4.69) is 46.7 Å². The van der Waals surface area contributed by atoms with Crippen LogP contribution in [0.15, 0.2) is 54.4 Å². The number of carbonyl (C=O) groups is 1. The van der Waals surface area contributed by atoms with Crippen LogP contribution >= 0.6 is 34.5 Å². The van der Waals surface area contributed by atoms with E-state index in [1.54, 1.807) is 17.4 Å². The van der Waals surface area contributed by atoms with Crippen LogP contribution in [0, 0.1) is 0 Å². The number of hydrogen-bond acceptors (Lipinski definition) is 5. The fourth-order valence-electron chi connectivity index (χ4n) is 4.02. The molecule has 1 aromatic heterocycles. The Morgan fingerprint density at radius 1 is 1.12 bits per heavy atom. The van der Waals surface area contributed by atoms with E-state index < -0.39 is 5.97 Å². The third kappa shape index (κ3) is 4.22. The number of rotatable bonds is 7. The third-order valence-corrected chi connectivity index (χ3v) is 7.30. The fraction of sp³-hybridized carbons (Fsp3) is 0.250. The molecule has 0 bridgehead atoms. The van der Waals surface area contributed by atoms with Crippen LogP contribution in [0.2, 0.25) is 10.0 Å². The summed E-state index contributed by atoms with van der Waals surface area (Å²) in [6.07, 6.45) is 6.01. The maximum absolute atomic E-state index is 11.2. The predicted octanol–water partition coefficient (Wildman–Crippen LogP) is 4.86. The second-order valence-corrected chi connectivity index (χ2v) is 9.19. The fourth-order valence-corrected chi connectivity index (χ4v) is 5.48. The number of carboxylic acids is 1. The second-order valence-electron chi connectivity index (χ2n) is 7.31. The summed E-state index contributed by atoms with van der Waals surface area (Å²) in [4.78, 5) is 15.2. The van der Waals surface area contributed by atoms with Crippen molar-refractivity contribution in [3.63, 3.8) is 0 Å². The van der Waals surface area contributed by atoms with Crippen molar-refractivity contribution in [3.8, 4) is 0 Å². The Labute approximate surface area is 201 Å². The molecule has 1 aliphatic heterocycles. The van der Waals surface area contributed by atoms with Crippen LogP contribution in [0.1, 0.15) is 25.3 Å². The second kappa shape index (κ2) is 9.53. The van der Waals surface area contributed by atoms with E-state index in [9.17, 15) is 9.90 Å². The third-order valence-electron chi connectivity index (χ3n) is 5.44. The number of fused-ring (bicyclic) bond motifs is 2. The molecule has 1 aliphatic rings. The minimum absolute atomic E-state index is 0.0928. The highest BCUT2D eigenvalue weighted by molar-refractivity contribution is 7.18. The Kier molecular flexibility index (Phi) is 6.74. The molecule has 0 N–H and O–H groups in total. The molecule has 0 atom stereocenters. The lowest BCUT2D eigenvalue weighted by molar-refractivity contribution is -0.665. The first-order chi connectivity index (χ1) is 15.4. The summed E-state index contributed by atoms with van der Waals surface area (Å²) in [5, 5.41) is 13.2. The number of carboxylic acid groups (broad SMARTS) is 1. The molecule has 0 fully saturated rings. The molecule has 0 unspecified atom stereocenters. The number of thiazole rings is 1. The number of para-hydroxylation sites is 1. The normalized spacial score (nSPS) is 14.8. The molecule has 0 aliphatic carbocycles. The van der Waals surface area contributed by atoms with Crippen molar-refractivity contribution in [2.24, 2.45) is 0 Å². The first-order valence-corrected chi connectivity index (χ1v) is 12.1. The molecule has 2 heterocycles. The van der Waals surface area contributed by atoms with E-state index >= 15 is 0 Å². The zero-order valence-corrected chi connectivity index (χ0v) is 20.2. The van der Waals surface area contributed by atoms with Crippen LogP contribution in [-0.4, -0.2) is 19.1 Å². The summed E-state index contributed by atoms with van der Waals surface area (Å²) in [6.45, 7) is 6.03. The van der Waals surface area contributed by atoms with Crippen molar-refractivity contribution in [1.29, 1.82) is 0 Å². The molecule has 0 saturated heterocycles. The Hall–Kier alpha value is -2.54. The summed E-state index contributed by atoms with van der Waals surface area (Å²) in [6, 6.07) is 12.0. The van der Waals surface area contributed by atoms with E-state index in [0.29, 0.717) is 16.6 Å². The van der Waals surface area contributed by atoms with E-state index in [4.69, 9.17) is 23.2 Å². The first-order valence-electron chi connectivity index (χ1n) is 10.5. The van der Waals surface area contributed by atoms with Crippen molar-refractivity contribution >= 4 is 68.2 Å². The van der Waals surface area contributed by atoms with Gasteiger partial charge in [-0.15, -0.1) is 0 Å².